The van der Waals surface area contributed by atoms with Gasteiger partial charge in [0.2, 0.25) is 0 Å². The SMILES string of the molecule is CN(C)C(=O)Oc1ccc2c(C(=O)c3ccc(OCCN4CCCCC4)cc3)c(C3CCCCC3)sc2c1. The van der Waals surface area contributed by atoms with Gasteiger partial charge in [0.15, 0.2) is 5.78 Å². The molecule has 2 aliphatic rings. The molecule has 1 aliphatic heterocycles. The molecule has 1 amide bonds. The van der Waals surface area contributed by atoms with E-state index >= 15 is 0 Å². The molecule has 5 rings (SSSR count). The second-order valence-corrected chi connectivity index (χ2v) is 11.8. The van der Waals surface area contributed by atoms with Gasteiger partial charge in [0.1, 0.15) is 18.1 Å². The Labute approximate surface area is 229 Å². The predicted molar refractivity (Wildman–Crippen MR) is 153 cm³/mol. The summed E-state index contributed by atoms with van der Waals surface area (Å²) < 4.78 is 12.5. The summed E-state index contributed by atoms with van der Waals surface area (Å²) in [6, 6.07) is 13.2. The minimum Gasteiger partial charge on any atom is -0.492 e. The quantitative estimate of drug-likeness (QED) is 0.288. The first-order valence-corrected chi connectivity index (χ1v) is 14.8. The standard InChI is InChI=1S/C31H38N2O4S/c1-32(2)31(35)37-25-15-16-26-27(21-25)38-30(23-9-5-3-6-10-23)28(26)29(34)22-11-13-24(14-12-22)36-20-19-33-17-7-4-8-18-33/h11-16,21,23H,3-10,17-20H2,1-2H3. The average molecular weight is 535 g/mol. The number of hydrogen-bond acceptors (Lipinski definition) is 6. The lowest BCUT2D eigenvalue weighted by Crippen LogP contribution is -2.33. The highest BCUT2D eigenvalue weighted by Crippen LogP contribution is 2.44. The molecule has 0 spiro atoms. The van der Waals surface area contributed by atoms with Crippen LogP contribution >= 0.6 is 11.3 Å². The topological polar surface area (TPSA) is 59.1 Å². The number of rotatable bonds is 8. The molecule has 2 heterocycles. The molecule has 1 saturated carbocycles. The number of thiophene rings is 1. The van der Waals surface area contributed by atoms with Gasteiger partial charge in [0, 0.05) is 46.7 Å². The van der Waals surface area contributed by atoms with Crippen LogP contribution in [0, 0.1) is 0 Å². The number of hydrogen-bond donors (Lipinski definition) is 0. The Kier molecular flexibility index (Phi) is 8.65. The van der Waals surface area contributed by atoms with Crippen LogP contribution < -0.4 is 9.47 Å². The Balaban J connectivity index is 1.36. The zero-order valence-electron chi connectivity index (χ0n) is 22.5. The van der Waals surface area contributed by atoms with Crippen LogP contribution in [0.1, 0.15) is 78.1 Å². The van der Waals surface area contributed by atoms with E-state index in [9.17, 15) is 9.59 Å². The Hall–Kier alpha value is -2.90. The van der Waals surface area contributed by atoms with E-state index in [0.29, 0.717) is 23.8 Å². The summed E-state index contributed by atoms with van der Waals surface area (Å²) in [5.74, 6) is 1.74. The maximum Gasteiger partial charge on any atom is 0.414 e. The number of carbonyl (C=O) groups excluding carboxylic acids is 2. The molecule has 202 valence electrons. The number of piperidine rings is 1. The van der Waals surface area contributed by atoms with Crippen molar-refractivity contribution in [3.8, 4) is 11.5 Å². The minimum absolute atomic E-state index is 0.0507. The number of nitrogens with zero attached hydrogens (tertiary/aromatic N) is 2. The van der Waals surface area contributed by atoms with Crippen LogP contribution in [-0.4, -0.2) is 62.0 Å². The summed E-state index contributed by atoms with van der Waals surface area (Å²) in [5.41, 5.74) is 1.48. The van der Waals surface area contributed by atoms with E-state index in [1.54, 1.807) is 31.5 Å². The van der Waals surface area contributed by atoms with E-state index in [4.69, 9.17) is 9.47 Å². The monoisotopic (exact) mass is 534 g/mol. The fourth-order valence-corrected chi connectivity index (χ4v) is 6.96. The van der Waals surface area contributed by atoms with Crippen LogP contribution in [0.15, 0.2) is 42.5 Å². The number of ether oxygens (including phenoxy) is 2. The van der Waals surface area contributed by atoms with Crippen molar-refractivity contribution in [2.45, 2.75) is 57.3 Å². The highest BCUT2D eigenvalue weighted by molar-refractivity contribution is 7.19. The fraction of sp³-hybridized carbons (Fsp3) is 0.484. The molecule has 0 unspecified atom stereocenters. The molecule has 7 heteroatoms. The van der Waals surface area contributed by atoms with Crippen LogP contribution in [-0.2, 0) is 0 Å². The van der Waals surface area contributed by atoms with Crippen LogP contribution in [0.25, 0.3) is 10.1 Å². The third-order valence-corrected chi connectivity index (χ3v) is 9.02. The normalized spacial score (nSPS) is 16.9. The van der Waals surface area contributed by atoms with Gasteiger partial charge in [-0.2, -0.15) is 0 Å². The van der Waals surface area contributed by atoms with Crippen molar-refractivity contribution in [3.63, 3.8) is 0 Å². The summed E-state index contributed by atoms with van der Waals surface area (Å²) in [5, 5.41) is 0.937. The highest BCUT2D eigenvalue weighted by Gasteiger charge is 2.27. The lowest BCUT2D eigenvalue weighted by atomic mass is 9.85. The Morgan fingerprint density at radius 3 is 2.32 bits per heavy atom. The van der Waals surface area contributed by atoms with Crippen molar-refractivity contribution in [1.82, 2.24) is 9.80 Å². The number of ketones is 1. The summed E-state index contributed by atoms with van der Waals surface area (Å²) >= 11 is 1.68. The third kappa shape index (κ3) is 6.21. The fourth-order valence-electron chi connectivity index (χ4n) is 5.56. The van der Waals surface area contributed by atoms with Gasteiger partial charge in [0.25, 0.3) is 0 Å². The molecule has 0 atom stereocenters. The summed E-state index contributed by atoms with van der Waals surface area (Å²) in [4.78, 5) is 31.0. The summed E-state index contributed by atoms with van der Waals surface area (Å²) in [7, 11) is 3.32. The minimum atomic E-state index is -0.414. The van der Waals surface area contributed by atoms with Crippen molar-refractivity contribution in [1.29, 1.82) is 0 Å². The Bertz CT molecular complexity index is 1250. The molecule has 0 N–H and O–H groups in total. The lowest BCUT2D eigenvalue weighted by molar-refractivity contribution is 0.103. The van der Waals surface area contributed by atoms with Gasteiger partial charge in [-0.15, -0.1) is 11.3 Å². The smallest absolute Gasteiger partial charge is 0.414 e. The third-order valence-electron chi connectivity index (χ3n) is 7.70. The molecule has 1 aromatic heterocycles. The Morgan fingerprint density at radius 2 is 1.61 bits per heavy atom. The maximum absolute atomic E-state index is 13.9. The maximum atomic E-state index is 13.9. The zero-order chi connectivity index (χ0) is 26.5. The molecule has 0 bridgehead atoms. The van der Waals surface area contributed by atoms with E-state index in [-0.39, 0.29) is 5.78 Å². The van der Waals surface area contributed by atoms with Crippen molar-refractivity contribution >= 4 is 33.3 Å². The highest BCUT2D eigenvalue weighted by atomic mass is 32.1. The molecule has 2 aromatic carbocycles. The van der Waals surface area contributed by atoms with E-state index in [2.05, 4.69) is 4.90 Å². The van der Waals surface area contributed by atoms with Gasteiger partial charge in [0.05, 0.1) is 0 Å². The van der Waals surface area contributed by atoms with Crippen molar-refractivity contribution in [3.05, 3.63) is 58.5 Å². The molecule has 6 nitrogen and oxygen atoms in total. The second-order valence-electron chi connectivity index (χ2n) is 10.7. The first-order chi connectivity index (χ1) is 18.5. The number of amides is 1. The molecular weight excluding hydrogens is 496 g/mol. The van der Waals surface area contributed by atoms with Crippen molar-refractivity contribution in [2.24, 2.45) is 0 Å². The largest absolute Gasteiger partial charge is 0.492 e. The average Bonchev–Trinajstić information content (AvgIpc) is 3.33. The van der Waals surface area contributed by atoms with Gasteiger partial charge in [-0.05, 0) is 87.2 Å². The van der Waals surface area contributed by atoms with E-state index < -0.39 is 6.09 Å². The van der Waals surface area contributed by atoms with E-state index in [1.807, 2.05) is 36.4 Å². The van der Waals surface area contributed by atoms with Gasteiger partial charge in [-0.3, -0.25) is 9.69 Å². The number of fused-ring (bicyclic) bond motifs is 1. The van der Waals surface area contributed by atoms with Gasteiger partial charge < -0.3 is 14.4 Å². The first kappa shape index (κ1) is 26.7. The Morgan fingerprint density at radius 1 is 0.921 bits per heavy atom. The van der Waals surface area contributed by atoms with E-state index in [0.717, 1.165) is 53.9 Å². The molecular formula is C31H38N2O4S. The molecule has 2 fully saturated rings. The lowest BCUT2D eigenvalue weighted by Gasteiger charge is -2.26. The van der Waals surface area contributed by atoms with Gasteiger partial charge in [-0.1, -0.05) is 25.7 Å². The van der Waals surface area contributed by atoms with Crippen LogP contribution in [0.5, 0.6) is 11.5 Å². The number of carbonyl (C=O) groups is 2. The second kappa shape index (κ2) is 12.3. The van der Waals surface area contributed by atoms with Gasteiger partial charge in [-0.25, -0.2) is 4.79 Å². The zero-order valence-corrected chi connectivity index (χ0v) is 23.4. The first-order valence-electron chi connectivity index (χ1n) is 13.9. The van der Waals surface area contributed by atoms with Crippen LogP contribution in [0.3, 0.4) is 0 Å². The molecule has 3 aromatic rings. The van der Waals surface area contributed by atoms with Crippen molar-refractivity contribution in [2.75, 3.05) is 40.3 Å². The molecule has 1 aliphatic carbocycles. The molecule has 1 saturated heterocycles. The van der Waals surface area contributed by atoms with Crippen LogP contribution in [0.4, 0.5) is 4.79 Å². The number of benzene rings is 2. The molecule has 0 radical (unpaired) electrons. The van der Waals surface area contributed by atoms with Crippen molar-refractivity contribution < 1.29 is 19.1 Å². The summed E-state index contributed by atoms with van der Waals surface area (Å²) in [6.45, 7) is 3.93. The van der Waals surface area contributed by atoms with Crippen LogP contribution in [0.2, 0.25) is 0 Å². The predicted octanol–water partition coefficient (Wildman–Crippen LogP) is 7.11. The van der Waals surface area contributed by atoms with E-state index in [1.165, 1.54) is 48.3 Å². The van der Waals surface area contributed by atoms with Gasteiger partial charge >= 0.3 is 6.09 Å². The molecule has 38 heavy (non-hydrogen) atoms. The number of likely N-dealkylation sites (tertiary alicyclic amines) is 1. The summed E-state index contributed by atoms with van der Waals surface area (Å²) in [6.07, 6.45) is 9.35.